The van der Waals surface area contributed by atoms with Gasteiger partial charge in [-0.1, -0.05) is 26.8 Å². The molecular formula is C19H30ClN3O4S. The summed E-state index contributed by atoms with van der Waals surface area (Å²) in [4.78, 5) is 15.1. The smallest absolute Gasteiger partial charge is 0.247 e. The van der Waals surface area contributed by atoms with Crippen LogP contribution in [0.2, 0.25) is 0 Å². The van der Waals surface area contributed by atoms with Gasteiger partial charge in [-0.05, 0) is 31.0 Å². The van der Waals surface area contributed by atoms with Gasteiger partial charge in [-0.25, -0.2) is 13.1 Å². The second-order valence-corrected chi connectivity index (χ2v) is 9.61. The molecule has 9 heteroatoms. The van der Waals surface area contributed by atoms with Gasteiger partial charge in [0.2, 0.25) is 15.9 Å². The number of hydrogen-bond donors (Lipinski definition) is 2. The van der Waals surface area contributed by atoms with Gasteiger partial charge in [0.15, 0.2) is 0 Å². The van der Waals surface area contributed by atoms with E-state index in [1.807, 2.05) is 20.8 Å². The zero-order valence-corrected chi connectivity index (χ0v) is 18.5. The van der Waals surface area contributed by atoms with Gasteiger partial charge in [0.1, 0.15) is 5.54 Å². The van der Waals surface area contributed by atoms with Crippen LogP contribution in [0.3, 0.4) is 0 Å². The van der Waals surface area contributed by atoms with Crippen molar-refractivity contribution in [1.29, 1.82) is 0 Å². The van der Waals surface area contributed by atoms with Crippen LogP contribution in [0.4, 0.5) is 5.69 Å². The first-order valence-electron chi connectivity index (χ1n) is 9.43. The molecule has 1 aromatic rings. The van der Waals surface area contributed by atoms with Gasteiger partial charge in [0.25, 0.3) is 0 Å². The number of nitrogens with one attached hydrogen (secondary N) is 1. The SMILES string of the molecule is CCNS(=O)(=O)c1ccc2c(c1)N(C(=O)C1(N)CC(OCC)C1(C)C)CC2.Cl. The molecule has 0 spiro atoms. The minimum atomic E-state index is -3.59. The van der Waals surface area contributed by atoms with E-state index in [0.29, 0.717) is 38.2 Å². The van der Waals surface area contributed by atoms with Gasteiger partial charge >= 0.3 is 0 Å². The monoisotopic (exact) mass is 431 g/mol. The van der Waals surface area contributed by atoms with Crippen LogP contribution in [0, 0.1) is 5.41 Å². The minimum Gasteiger partial charge on any atom is -0.378 e. The second-order valence-electron chi connectivity index (χ2n) is 7.84. The lowest BCUT2D eigenvalue weighted by molar-refractivity contribution is -0.168. The highest BCUT2D eigenvalue weighted by Crippen LogP contribution is 2.51. The third-order valence-corrected chi connectivity index (χ3v) is 7.60. The molecule has 1 fully saturated rings. The molecule has 0 bridgehead atoms. The van der Waals surface area contributed by atoms with Gasteiger partial charge in [0.05, 0.1) is 11.0 Å². The number of carbonyl (C=O) groups is 1. The lowest BCUT2D eigenvalue weighted by Gasteiger charge is -2.58. The second kappa shape index (κ2) is 7.91. The highest BCUT2D eigenvalue weighted by atomic mass is 35.5. The number of benzene rings is 1. The fourth-order valence-electron chi connectivity index (χ4n) is 4.05. The van der Waals surface area contributed by atoms with Crippen LogP contribution in [-0.4, -0.2) is 45.7 Å². The molecule has 28 heavy (non-hydrogen) atoms. The van der Waals surface area contributed by atoms with E-state index in [1.165, 1.54) is 0 Å². The number of carbonyl (C=O) groups excluding carboxylic acids is 1. The van der Waals surface area contributed by atoms with E-state index >= 15 is 0 Å². The van der Waals surface area contributed by atoms with Crippen molar-refractivity contribution in [1.82, 2.24) is 4.72 Å². The molecule has 2 aliphatic rings. The summed E-state index contributed by atoms with van der Waals surface area (Å²) in [5.74, 6) is -0.166. The van der Waals surface area contributed by atoms with Crippen LogP contribution >= 0.6 is 12.4 Å². The highest BCUT2D eigenvalue weighted by Gasteiger charge is 2.64. The van der Waals surface area contributed by atoms with Crippen LogP contribution in [0.1, 0.15) is 39.7 Å². The van der Waals surface area contributed by atoms with E-state index in [2.05, 4.69) is 4.72 Å². The number of anilines is 1. The summed E-state index contributed by atoms with van der Waals surface area (Å²) in [5, 5.41) is 0. The Bertz CT molecular complexity index is 859. The molecule has 0 saturated heterocycles. The predicted molar refractivity (Wildman–Crippen MR) is 111 cm³/mol. The van der Waals surface area contributed by atoms with Gasteiger partial charge in [-0.2, -0.15) is 0 Å². The number of rotatable bonds is 6. The molecule has 3 rings (SSSR count). The molecule has 0 radical (unpaired) electrons. The van der Waals surface area contributed by atoms with E-state index in [9.17, 15) is 13.2 Å². The summed E-state index contributed by atoms with van der Waals surface area (Å²) < 4.78 is 32.9. The first kappa shape index (κ1) is 23.1. The topological polar surface area (TPSA) is 102 Å². The Morgan fingerprint density at radius 1 is 1.36 bits per heavy atom. The van der Waals surface area contributed by atoms with E-state index in [4.69, 9.17) is 10.5 Å². The van der Waals surface area contributed by atoms with Crippen molar-refractivity contribution in [2.24, 2.45) is 11.1 Å². The van der Waals surface area contributed by atoms with Gasteiger partial charge in [-0.15, -0.1) is 12.4 Å². The molecule has 2 atom stereocenters. The summed E-state index contributed by atoms with van der Waals surface area (Å²) in [5.41, 5.74) is 6.64. The number of halogens is 1. The zero-order valence-electron chi connectivity index (χ0n) is 16.8. The van der Waals surface area contributed by atoms with E-state index in [0.717, 1.165) is 5.56 Å². The molecule has 3 N–H and O–H groups in total. The molecule has 2 unspecified atom stereocenters. The average molecular weight is 432 g/mol. The largest absolute Gasteiger partial charge is 0.378 e. The Hall–Kier alpha value is -1.19. The van der Waals surface area contributed by atoms with Crippen molar-refractivity contribution < 1.29 is 17.9 Å². The van der Waals surface area contributed by atoms with Gasteiger partial charge in [-0.3, -0.25) is 4.79 Å². The lowest BCUT2D eigenvalue weighted by Crippen LogP contribution is -2.76. The van der Waals surface area contributed by atoms with Crippen LogP contribution < -0.4 is 15.4 Å². The molecule has 158 valence electrons. The van der Waals surface area contributed by atoms with Crippen molar-refractivity contribution in [3.63, 3.8) is 0 Å². The summed E-state index contributed by atoms with van der Waals surface area (Å²) in [6, 6.07) is 4.94. The Morgan fingerprint density at radius 3 is 2.61 bits per heavy atom. The Morgan fingerprint density at radius 2 is 2.04 bits per heavy atom. The van der Waals surface area contributed by atoms with Crippen molar-refractivity contribution >= 4 is 34.0 Å². The third-order valence-electron chi connectivity index (χ3n) is 6.05. The summed E-state index contributed by atoms with van der Waals surface area (Å²) >= 11 is 0. The van der Waals surface area contributed by atoms with Crippen LogP contribution in [0.5, 0.6) is 0 Å². The standard InChI is InChI=1S/C19H29N3O4S.ClH/c1-5-21-27(24,25)14-8-7-13-9-10-22(15(13)11-14)17(23)19(20)12-16(26-6-2)18(19,3)4;/h7-8,11,16,21H,5-6,9-10,12,20H2,1-4H3;1H. The summed E-state index contributed by atoms with van der Waals surface area (Å²) in [7, 11) is -3.59. The molecule has 1 aromatic carbocycles. The maximum Gasteiger partial charge on any atom is 0.247 e. The minimum absolute atomic E-state index is 0. The normalized spacial score (nSPS) is 25.6. The van der Waals surface area contributed by atoms with Crippen molar-refractivity contribution in [3.8, 4) is 0 Å². The summed E-state index contributed by atoms with van der Waals surface area (Å²) in [6.45, 7) is 8.96. The third kappa shape index (κ3) is 3.45. The number of fused-ring (bicyclic) bond motifs is 1. The maximum atomic E-state index is 13.3. The molecule has 7 nitrogen and oxygen atoms in total. The zero-order chi connectivity index (χ0) is 20.0. The molecule has 1 amide bonds. The highest BCUT2D eigenvalue weighted by molar-refractivity contribution is 7.89. The maximum absolute atomic E-state index is 13.3. The number of ether oxygens (including phenoxy) is 1. The molecule has 1 heterocycles. The number of nitrogens with zero attached hydrogens (tertiary/aromatic N) is 1. The van der Waals surface area contributed by atoms with E-state index in [-0.39, 0.29) is 29.3 Å². The van der Waals surface area contributed by atoms with Crippen molar-refractivity contribution in [3.05, 3.63) is 23.8 Å². The first-order valence-corrected chi connectivity index (χ1v) is 10.9. The molecular weight excluding hydrogens is 402 g/mol. The fourth-order valence-corrected chi connectivity index (χ4v) is 5.11. The predicted octanol–water partition coefficient (Wildman–Crippen LogP) is 1.83. The van der Waals surface area contributed by atoms with Gasteiger partial charge in [0, 0.05) is 37.2 Å². The Kier molecular flexibility index (Phi) is 6.53. The molecule has 1 aliphatic heterocycles. The summed E-state index contributed by atoms with van der Waals surface area (Å²) in [6.07, 6.45) is 1.10. The average Bonchev–Trinajstić information content (AvgIpc) is 3.03. The van der Waals surface area contributed by atoms with Crippen LogP contribution in [0.25, 0.3) is 0 Å². The first-order chi connectivity index (χ1) is 12.6. The van der Waals surface area contributed by atoms with E-state index in [1.54, 1.807) is 30.0 Å². The van der Waals surface area contributed by atoms with Crippen molar-refractivity contribution in [2.75, 3.05) is 24.6 Å². The number of hydrogen-bond acceptors (Lipinski definition) is 5. The molecule has 0 aromatic heterocycles. The number of amides is 1. The van der Waals surface area contributed by atoms with Crippen LogP contribution in [0.15, 0.2) is 23.1 Å². The Labute approximate surface area is 173 Å². The molecule has 1 saturated carbocycles. The van der Waals surface area contributed by atoms with Crippen molar-refractivity contribution in [2.45, 2.75) is 57.1 Å². The van der Waals surface area contributed by atoms with E-state index < -0.39 is 21.0 Å². The number of nitrogens with two attached hydrogens (primary N) is 1. The van der Waals surface area contributed by atoms with Crippen LogP contribution in [-0.2, 0) is 26.0 Å². The Balaban J connectivity index is 0.00000280. The number of sulfonamides is 1. The quantitative estimate of drug-likeness (QED) is 0.715. The lowest BCUT2D eigenvalue weighted by atomic mass is 9.54. The molecule has 1 aliphatic carbocycles. The van der Waals surface area contributed by atoms with Gasteiger partial charge < -0.3 is 15.4 Å². The fraction of sp³-hybridized carbons (Fsp3) is 0.632.